The first-order chi connectivity index (χ1) is 7.60. The quantitative estimate of drug-likeness (QED) is 0.789. The smallest absolute Gasteiger partial charge is 0.327 e. The van der Waals surface area contributed by atoms with Gasteiger partial charge in [-0.15, -0.1) is 0 Å². The molecule has 0 aliphatic heterocycles. The molecule has 1 N–H and O–H groups in total. The van der Waals surface area contributed by atoms with E-state index in [0.717, 1.165) is 11.3 Å². The van der Waals surface area contributed by atoms with E-state index in [9.17, 15) is 4.79 Å². The topological polar surface area (TPSA) is 64.4 Å². The number of nitrogens with zero attached hydrogens (tertiary/aromatic N) is 2. The second-order valence-electron chi connectivity index (χ2n) is 3.05. The lowest BCUT2D eigenvalue weighted by molar-refractivity contribution is -0.141. The van der Waals surface area contributed by atoms with Crippen molar-refractivity contribution in [2.75, 3.05) is 7.11 Å². The molecule has 0 saturated heterocycles. The lowest BCUT2D eigenvalue weighted by Gasteiger charge is -2.03. The number of esters is 1. The zero-order valence-electron chi connectivity index (χ0n) is 10.6. The number of aliphatic hydroxyl groups is 1. The van der Waals surface area contributed by atoms with Gasteiger partial charge in [-0.2, -0.15) is 5.10 Å². The van der Waals surface area contributed by atoms with Crippen LogP contribution in [-0.2, 0) is 22.7 Å². The van der Waals surface area contributed by atoms with Gasteiger partial charge in [0.1, 0.15) is 6.54 Å². The van der Waals surface area contributed by atoms with Crippen molar-refractivity contribution in [2.45, 2.75) is 40.8 Å². The Hall–Kier alpha value is -1.36. The van der Waals surface area contributed by atoms with E-state index in [4.69, 9.17) is 5.11 Å². The van der Waals surface area contributed by atoms with Crippen molar-refractivity contribution in [3.63, 3.8) is 0 Å². The van der Waals surface area contributed by atoms with E-state index < -0.39 is 0 Å². The molecule has 16 heavy (non-hydrogen) atoms. The van der Waals surface area contributed by atoms with E-state index in [1.165, 1.54) is 11.8 Å². The molecule has 0 aromatic carbocycles. The highest BCUT2D eigenvalue weighted by Crippen LogP contribution is 2.12. The maximum absolute atomic E-state index is 11.0. The van der Waals surface area contributed by atoms with Crippen LogP contribution in [0.4, 0.5) is 0 Å². The molecule has 5 nitrogen and oxygen atoms in total. The summed E-state index contributed by atoms with van der Waals surface area (Å²) in [7, 11) is 1.32. The van der Waals surface area contributed by atoms with Gasteiger partial charge in [0, 0.05) is 0 Å². The SMILES string of the molecule is CC.COC(=O)Cn1nc(C)c(C)c1CO. The van der Waals surface area contributed by atoms with Gasteiger partial charge in [-0.05, 0) is 19.4 Å². The van der Waals surface area contributed by atoms with Crippen molar-refractivity contribution in [2.24, 2.45) is 0 Å². The molecule has 0 amide bonds. The average molecular weight is 228 g/mol. The zero-order valence-corrected chi connectivity index (χ0v) is 10.6. The van der Waals surface area contributed by atoms with Crippen LogP contribution in [0, 0.1) is 13.8 Å². The van der Waals surface area contributed by atoms with E-state index in [1.807, 2.05) is 27.7 Å². The largest absolute Gasteiger partial charge is 0.468 e. The van der Waals surface area contributed by atoms with Crippen LogP contribution in [0.2, 0.25) is 0 Å². The van der Waals surface area contributed by atoms with Gasteiger partial charge in [-0.3, -0.25) is 9.48 Å². The molecule has 1 aromatic heterocycles. The van der Waals surface area contributed by atoms with Crippen molar-refractivity contribution in [1.29, 1.82) is 0 Å². The second kappa shape index (κ2) is 7.00. The summed E-state index contributed by atoms with van der Waals surface area (Å²) >= 11 is 0. The Morgan fingerprint density at radius 3 is 2.44 bits per heavy atom. The third kappa shape index (κ3) is 3.34. The molecule has 1 rings (SSSR count). The zero-order chi connectivity index (χ0) is 12.7. The molecule has 0 radical (unpaired) electrons. The number of hydrogen-bond donors (Lipinski definition) is 1. The van der Waals surface area contributed by atoms with Crippen LogP contribution in [-0.4, -0.2) is 28.0 Å². The Kier molecular flexibility index (Phi) is 6.41. The van der Waals surface area contributed by atoms with Gasteiger partial charge in [0.05, 0.1) is 25.1 Å². The summed E-state index contributed by atoms with van der Waals surface area (Å²) in [6.45, 7) is 7.62. The fourth-order valence-corrected chi connectivity index (χ4v) is 1.24. The molecule has 1 aromatic rings. The summed E-state index contributed by atoms with van der Waals surface area (Å²) in [4.78, 5) is 11.0. The van der Waals surface area contributed by atoms with E-state index in [-0.39, 0.29) is 19.1 Å². The summed E-state index contributed by atoms with van der Waals surface area (Å²) in [6.07, 6.45) is 0. The Balaban J connectivity index is 0.00000106. The van der Waals surface area contributed by atoms with Gasteiger partial charge < -0.3 is 9.84 Å². The normalized spacial score (nSPS) is 9.38. The number of rotatable bonds is 3. The predicted molar refractivity (Wildman–Crippen MR) is 61.0 cm³/mol. The Labute approximate surface area is 96.0 Å². The first-order valence-corrected chi connectivity index (χ1v) is 5.30. The summed E-state index contributed by atoms with van der Waals surface area (Å²) in [5.41, 5.74) is 2.39. The van der Waals surface area contributed by atoms with Crippen molar-refractivity contribution in [3.8, 4) is 0 Å². The van der Waals surface area contributed by atoms with Crippen molar-refractivity contribution < 1.29 is 14.6 Å². The van der Waals surface area contributed by atoms with Crippen LogP contribution in [0.25, 0.3) is 0 Å². The lowest BCUT2D eigenvalue weighted by Crippen LogP contribution is -2.15. The van der Waals surface area contributed by atoms with E-state index in [2.05, 4.69) is 9.84 Å². The fourth-order valence-electron chi connectivity index (χ4n) is 1.24. The first kappa shape index (κ1) is 14.6. The molecule has 0 aliphatic carbocycles. The maximum atomic E-state index is 11.0. The third-order valence-electron chi connectivity index (χ3n) is 2.21. The minimum atomic E-state index is -0.373. The summed E-state index contributed by atoms with van der Waals surface area (Å²) < 4.78 is 5.99. The van der Waals surface area contributed by atoms with Gasteiger partial charge in [0.2, 0.25) is 0 Å². The number of carbonyl (C=O) groups is 1. The monoisotopic (exact) mass is 228 g/mol. The fraction of sp³-hybridized carbons (Fsp3) is 0.636. The van der Waals surface area contributed by atoms with Gasteiger partial charge in [0.15, 0.2) is 0 Å². The highest BCUT2D eigenvalue weighted by atomic mass is 16.5. The molecule has 0 spiro atoms. The van der Waals surface area contributed by atoms with Gasteiger partial charge in [-0.1, -0.05) is 13.8 Å². The lowest BCUT2D eigenvalue weighted by atomic mass is 10.2. The summed E-state index contributed by atoms with van der Waals surface area (Å²) in [5.74, 6) is -0.373. The number of carbonyl (C=O) groups excluding carboxylic acids is 1. The van der Waals surface area contributed by atoms with Crippen LogP contribution in [0.3, 0.4) is 0 Å². The number of aryl methyl sites for hydroxylation is 1. The standard InChI is InChI=1S/C9H14N2O3.C2H6/c1-6-7(2)10-11(8(6)5-12)4-9(13)14-3;1-2/h12H,4-5H2,1-3H3;1-2H3. The number of hydrogen-bond acceptors (Lipinski definition) is 4. The molecule has 1 heterocycles. The van der Waals surface area contributed by atoms with E-state index >= 15 is 0 Å². The summed E-state index contributed by atoms with van der Waals surface area (Å²) in [5, 5.41) is 13.2. The molecule has 0 saturated carbocycles. The highest BCUT2D eigenvalue weighted by Gasteiger charge is 2.13. The molecule has 0 unspecified atom stereocenters. The van der Waals surface area contributed by atoms with Crippen molar-refractivity contribution in [3.05, 3.63) is 17.0 Å². The van der Waals surface area contributed by atoms with Crippen LogP contribution < -0.4 is 0 Å². The second-order valence-corrected chi connectivity index (χ2v) is 3.05. The average Bonchev–Trinajstić information content (AvgIpc) is 2.57. The molecule has 0 aliphatic rings. The van der Waals surface area contributed by atoms with E-state index in [0.29, 0.717) is 5.69 Å². The number of methoxy groups -OCH3 is 1. The Bertz CT molecular complexity index is 345. The third-order valence-corrected chi connectivity index (χ3v) is 2.21. The minimum absolute atomic E-state index is 0.0427. The predicted octanol–water partition coefficient (Wildman–Crippen LogP) is 1.19. The molecule has 0 bridgehead atoms. The first-order valence-electron chi connectivity index (χ1n) is 5.30. The molecule has 0 atom stereocenters. The van der Waals surface area contributed by atoms with Gasteiger partial charge in [-0.25, -0.2) is 0 Å². The Morgan fingerprint density at radius 2 is 2.00 bits per heavy atom. The van der Waals surface area contributed by atoms with Crippen LogP contribution >= 0.6 is 0 Å². The Morgan fingerprint density at radius 1 is 1.44 bits per heavy atom. The van der Waals surface area contributed by atoms with Crippen LogP contribution in [0.5, 0.6) is 0 Å². The molecular weight excluding hydrogens is 208 g/mol. The van der Waals surface area contributed by atoms with Gasteiger partial charge in [0.25, 0.3) is 0 Å². The highest BCUT2D eigenvalue weighted by molar-refractivity contribution is 5.69. The molecule has 92 valence electrons. The summed E-state index contributed by atoms with van der Waals surface area (Å²) in [6, 6.07) is 0. The van der Waals surface area contributed by atoms with Crippen molar-refractivity contribution >= 4 is 5.97 Å². The van der Waals surface area contributed by atoms with Crippen molar-refractivity contribution in [1.82, 2.24) is 9.78 Å². The number of aliphatic hydroxyl groups excluding tert-OH is 1. The number of ether oxygens (including phenoxy) is 1. The molecular formula is C11H20N2O3. The van der Waals surface area contributed by atoms with E-state index in [1.54, 1.807) is 0 Å². The maximum Gasteiger partial charge on any atom is 0.327 e. The minimum Gasteiger partial charge on any atom is -0.468 e. The molecule has 5 heteroatoms. The van der Waals surface area contributed by atoms with Crippen LogP contribution in [0.1, 0.15) is 30.8 Å². The van der Waals surface area contributed by atoms with Crippen LogP contribution in [0.15, 0.2) is 0 Å². The number of aromatic nitrogens is 2. The van der Waals surface area contributed by atoms with Gasteiger partial charge >= 0.3 is 5.97 Å². The molecule has 0 fully saturated rings.